The molecule has 0 aliphatic heterocycles. The predicted octanol–water partition coefficient (Wildman–Crippen LogP) is 2.29. The Labute approximate surface area is 151 Å². The highest BCUT2D eigenvalue weighted by Crippen LogP contribution is 2.09. The smallest absolute Gasteiger partial charge is 0.268 e. The summed E-state index contributed by atoms with van der Waals surface area (Å²) in [5, 5.41) is 2.76. The molecule has 26 heavy (non-hydrogen) atoms. The lowest BCUT2D eigenvalue weighted by molar-refractivity contribution is 0.0941. The van der Waals surface area contributed by atoms with Gasteiger partial charge in [-0.3, -0.25) is 14.6 Å². The summed E-state index contributed by atoms with van der Waals surface area (Å²) in [4.78, 5) is 28.8. The predicted molar refractivity (Wildman–Crippen MR) is 97.9 cm³/mol. The summed E-state index contributed by atoms with van der Waals surface area (Å²) in [5.41, 5.74) is 1.64. The first kappa shape index (κ1) is 17.4. The Hall–Kier alpha value is -3.41. The SMILES string of the molecule is Cn1cc(OCc2ccccc2)c(=O)cc1C(=O)NCc1ccccn1. The van der Waals surface area contributed by atoms with Crippen LogP contribution in [-0.4, -0.2) is 15.5 Å². The number of carbonyl (C=O) groups is 1. The molecular formula is C20H19N3O3. The highest BCUT2D eigenvalue weighted by Gasteiger charge is 2.13. The highest BCUT2D eigenvalue weighted by molar-refractivity contribution is 5.92. The van der Waals surface area contributed by atoms with Crippen molar-refractivity contribution in [2.75, 3.05) is 0 Å². The molecule has 0 fully saturated rings. The molecular weight excluding hydrogens is 330 g/mol. The molecule has 6 nitrogen and oxygen atoms in total. The molecule has 2 aromatic heterocycles. The van der Waals surface area contributed by atoms with Crippen LogP contribution in [0.1, 0.15) is 21.7 Å². The summed E-state index contributed by atoms with van der Waals surface area (Å²) < 4.78 is 7.17. The Balaban J connectivity index is 1.68. The molecule has 6 heteroatoms. The van der Waals surface area contributed by atoms with Crippen LogP contribution in [0, 0.1) is 0 Å². The fourth-order valence-corrected chi connectivity index (χ4v) is 2.44. The van der Waals surface area contributed by atoms with Gasteiger partial charge in [-0.1, -0.05) is 36.4 Å². The van der Waals surface area contributed by atoms with Gasteiger partial charge in [0, 0.05) is 19.3 Å². The van der Waals surface area contributed by atoms with Crippen LogP contribution in [0.5, 0.6) is 5.75 Å². The average molecular weight is 349 g/mol. The van der Waals surface area contributed by atoms with Gasteiger partial charge in [0.2, 0.25) is 5.43 Å². The number of aryl methyl sites for hydroxylation is 1. The maximum atomic E-state index is 12.3. The third-order valence-electron chi connectivity index (χ3n) is 3.83. The molecule has 0 atom stereocenters. The van der Waals surface area contributed by atoms with Crippen molar-refractivity contribution in [3.8, 4) is 5.75 Å². The minimum atomic E-state index is -0.343. The van der Waals surface area contributed by atoms with Crippen LogP contribution in [0.3, 0.4) is 0 Å². The lowest BCUT2D eigenvalue weighted by Gasteiger charge is -2.12. The van der Waals surface area contributed by atoms with Crippen molar-refractivity contribution in [2.24, 2.45) is 7.05 Å². The Morgan fingerprint density at radius 1 is 1.15 bits per heavy atom. The summed E-state index contributed by atoms with van der Waals surface area (Å²) in [5.74, 6) is -0.137. The largest absolute Gasteiger partial charge is 0.483 e. The van der Waals surface area contributed by atoms with Gasteiger partial charge in [0.1, 0.15) is 12.3 Å². The molecule has 1 N–H and O–H groups in total. The molecule has 0 unspecified atom stereocenters. The number of aromatic nitrogens is 2. The van der Waals surface area contributed by atoms with Gasteiger partial charge in [-0.15, -0.1) is 0 Å². The van der Waals surface area contributed by atoms with E-state index in [9.17, 15) is 9.59 Å². The molecule has 0 spiro atoms. The number of ether oxygens (including phenoxy) is 1. The van der Waals surface area contributed by atoms with Crippen molar-refractivity contribution >= 4 is 5.91 Å². The van der Waals surface area contributed by atoms with Crippen LogP contribution >= 0.6 is 0 Å². The van der Waals surface area contributed by atoms with Crippen LogP contribution < -0.4 is 15.5 Å². The number of carbonyl (C=O) groups excluding carboxylic acids is 1. The number of hydrogen-bond acceptors (Lipinski definition) is 4. The number of nitrogens with one attached hydrogen (secondary N) is 1. The second kappa shape index (κ2) is 8.11. The number of amides is 1. The van der Waals surface area contributed by atoms with Gasteiger partial charge in [0.05, 0.1) is 18.4 Å². The van der Waals surface area contributed by atoms with E-state index in [1.54, 1.807) is 17.8 Å². The maximum absolute atomic E-state index is 12.3. The molecule has 1 aromatic carbocycles. The average Bonchev–Trinajstić information content (AvgIpc) is 2.68. The Morgan fingerprint density at radius 2 is 1.92 bits per heavy atom. The fourth-order valence-electron chi connectivity index (χ4n) is 2.44. The summed E-state index contributed by atoms with van der Waals surface area (Å²) in [7, 11) is 1.70. The second-order valence-corrected chi connectivity index (χ2v) is 5.78. The summed E-state index contributed by atoms with van der Waals surface area (Å²) in [6, 6.07) is 16.3. The van der Waals surface area contributed by atoms with E-state index in [0.29, 0.717) is 13.2 Å². The number of hydrogen-bond donors (Lipinski definition) is 1. The van der Waals surface area contributed by atoms with Crippen molar-refractivity contribution in [1.29, 1.82) is 0 Å². The number of pyridine rings is 2. The molecule has 1 amide bonds. The highest BCUT2D eigenvalue weighted by atomic mass is 16.5. The van der Waals surface area contributed by atoms with Gasteiger partial charge in [-0.25, -0.2) is 0 Å². The zero-order valence-electron chi connectivity index (χ0n) is 14.4. The molecule has 0 radical (unpaired) electrons. The number of nitrogens with zero attached hydrogens (tertiary/aromatic N) is 2. The van der Waals surface area contributed by atoms with E-state index >= 15 is 0 Å². The van der Waals surface area contributed by atoms with Gasteiger partial charge in [0.25, 0.3) is 5.91 Å². The van der Waals surface area contributed by atoms with E-state index in [2.05, 4.69) is 10.3 Å². The first-order chi connectivity index (χ1) is 12.6. The van der Waals surface area contributed by atoms with Gasteiger partial charge < -0.3 is 14.6 Å². The zero-order chi connectivity index (χ0) is 18.4. The van der Waals surface area contributed by atoms with E-state index in [1.165, 1.54) is 12.3 Å². The van der Waals surface area contributed by atoms with Crippen molar-refractivity contribution in [3.05, 3.63) is 94.2 Å². The second-order valence-electron chi connectivity index (χ2n) is 5.78. The quantitative estimate of drug-likeness (QED) is 0.741. The van der Waals surface area contributed by atoms with Crippen molar-refractivity contribution in [2.45, 2.75) is 13.2 Å². The third kappa shape index (κ3) is 4.36. The van der Waals surface area contributed by atoms with Gasteiger partial charge in [-0.05, 0) is 17.7 Å². The normalized spacial score (nSPS) is 10.3. The van der Waals surface area contributed by atoms with Crippen molar-refractivity contribution < 1.29 is 9.53 Å². The van der Waals surface area contributed by atoms with Crippen LogP contribution in [0.2, 0.25) is 0 Å². The molecule has 0 aliphatic rings. The first-order valence-electron chi connectivity index (χ1n) is 8.19. The monoisotopic (exact) mass is 349 g/mol. The van der Waals surface area contributed by atoms with Crippen LogP contribution in [0.15, 0.2) is 71.8 Å². The lowest BCUT2D eigenvalue weighted by atomic mass is 10.2. The number of benzene rings is 1. The molecule has 2 heterocycles. The zero-order valence-corrected chi connectivity index (χ0v) is 14.4. The summed E-state index contributed by atoms with van der Waals surface area (Å²) >= 11 is 0. The Kier molecular flexibility index (Phi) is 5.43. The third-order valence-corrected chi connectivity index (χ3v) is 3.83. The van der Waals surface area contributed by atoms with Crippen molar-refractivity contribution in [1.82, 2.24) is 14.9 Å². The van der Waals surface area contributed by atoms with Crippen LogP contribution in [-0.2, 0) is 20.2 Å². The fraction of sp³-hybridized carbons (Fsp3) is 0.150. The van der Waals surface area contributed by atoms with Crippen molar-refractivity contribution in [3.63, 3.8) is 0 Å². The molecule has 3 aromatic rings. The van der Waals surface area contributed by atoms with E-state index in [-0.39, 0.29) is 22.8 Å². The molecule has 0 saturated heterocycles. The van der Waals surface area contributed by atoms with E-state index in [0.717, 1.165) is 11.3 Å². The van der Waals surface area contributed by atoms with Gasteiger partial charge >= 0.3 is 0 Å². The topological polar surface area (TPSA) is 73.2 Å². The summed E-state index contributed by atoms with van der Waals surface area (Å²) in [6.45, 7) is 0.585. The molecule has 0 bridgehead atoms. The lowest BCUT2D eigenvalue weighted by Crippen LogP contribution is -2.28. The Bertz CT molecular complexity index is 938. The first-order valence-corrected chi connectivity index (χ1v) is 8.19. The summed E-state index contributed by atoms with van der Waals surface area (Å²) in [6.07, 6.45) is 3.19. The molecule has 0 aliphatic carbocycles. The van der Waals surface area contributed by atoms with E-state index < -0.39 is 0 Å². The van der Waals surface area contributed by atoms with Crippen LogP contribution in [0.25, 0.3) is 0 Å². The number of rotatable bonds is 6. The van der Waals surface area contributed by atoms with E-state index in [4.69, 9.17) is 4.74 Å². The molecule has 3 rings (SSSR count). The minimum absolute atomic E-state index is 0.206. The van der Waals surface area contributed by atoms with Gasteiger partial charge in [-0.2, -0.15) is 0 Å². The molecule has 132 valence electrons. The standard InChI is InChI=1S/C20H19N3O3/c1-23-13-19(26-14-15-7-3-2-4-8-15)18(24)11-17(23)20(25)22-12-16-9-5-6-10-21-16/h2-11,13H,12,14H2,1H3,(H,22,25). The minimum Gasteiger partial charge on any atom is -0.483 e. The Morgan fingerprint density at radius 3 is 2.65 bits per heavy atom. The van der Waals surface area contributed by atoms with Crippen LogP contribution in [0.4, 0.5) is 0 Å². The van der Waals surface area contributed by atoms with E-state index in [1.807, 2.05) is 48.5 Å². The maximum Gasteiger partial charge on any atom is 0.268 e. The van der Waals surface area contributed by atoms with Gasteiger partial charge in [0.15, 0.2) is 5.75 Å². The molecule has 0 saturated carbocycles.